The number of rotatable bonds is 3. The molecule has 19 heavy (non-hydrogen) atoms. The first kappa shape index (κ1) is 13.6. The van der Waals surface area contributed by atoms with Gasteiger partial charge in [-0.05, 0) is 20.8 Å². The molecule has 2 aromatic heterocycles. The first-order chi connectivity index (χ1) is 8.82. The van der Waals surface area contributed by atoms with Gasteiger partial charge >= 0.3 is 0 Å². The maximum atomic E-state index is 12.2. The van der Waals surface area contributed by atoms with Crippen LogP contribution in [-0.4, -0.2) is 34.9 Å². The van der Waals surface area contributed by atoms with Crippen LogP contribution in [-0.2, 0) is 22.6 Å². The van der Waals surface area contributed by atoms with Crippen LogP contribution in [0.2, 0.25) is 0 Å². The van der Waals surface area contributed by atoms with Crippen LogP contribution >= 0.6 is 0 Å². The summed E-state index contributed by atoms with van der Waals surface area (Å²) in [7, 11) is 0.159. The molecule has 2 heterocycles. The lowest BCUT2D eigenvalue weighted by Gasteiger charge is -2.07. The summed E-state index contributed by atoms with van der Waals surface area (Å²) >= 11 is 0. The first-order valence-electron chi connectivity index (χ1n) is 5.70. The average Bonchev–Trinajstić information content (AvgIpc) is 2.65. The summed E-state index contributed by atoms with van der Waals surface area (Å²) in [5.74, 6) is 0.152. The van der Waals surface area contributed by atoms with Crippen molar-refractivity contribution in [3.8, 4) is 0 Å². The minimum atomic E-state index is -1.66. The van der Waals surface area contributed by atoms with Crippen molar-refractivity contribution in [2.45, 2.75) is 31.2 Å². The highest BCUT2D eigenvalue weighted by Gasteiger charge is 2.23. The third-order valence-electron chi connectivity index (χ3n) is 3.00. The minimum Gasteiger partial charge on any atom is -0.369 e. The van der Waals surface area contributed by atoms with Crippen molar-refractivity contribution in [3.63, 3.8) is 0 Å². The summed E-state index contributed by atoms with van der Waals surface area (Å²) in [6.45, 7) is 5.12. The molecule has 8 heteroatoms. The van der Waals surface area contributed by atoms with Gasteiger partial charge in [-0.15, -0.1) is 0 Å². The Balaban J connectivity index is 2.60. The summed E-state index contributed by atoms with van der Waals surface area (Å²) in [5.41, 5.74) is 7.06. The van der Waals surface area contributed by atoms with Crippen molar-refractivity contribution in [2.24, 2.45) is 12.8 Å². The monoisotopic (exact) mass is 281 g/mol. The van der Waals surface area contributed by atoms with Crippen LogP contribution < -0.4 is 5.73 Å². The topological polar surface area (TPSA) is 104 Å². The summed E-state index contributed by atoms with van der Waals surface area (Å²) in [4.78, 5) is 23.8. The van der Waals surface area contributed by atoms with Gasteiger partial charge in [-0.3, -0.25) is 9.00 Å². The fraction of sp³-hybridized carbons (Fsp3) is 0.455. The van der Waals surface area contributed by atoms with E-state index < -0.39 is 22.0 Å². The summed E-state index contributed by atoms with van der Waals surface area (Å²) in [6, 6.07) is 0. The lowest BCUT2D eigenvalue weighted by molar-refractivity contribution is -0.117. The van der Waals surface area contributed by atoms with E-state index in [0.29, 0.717) is 16.9 Å². The molecule has 102 valence electrons. The number of carbonyl (C=O) groups is 1. The van der Waals surface area contributed by atoms with E-state index in [2.05, 4.69) is 15.0 Å². The van der Waals surface area contributed by atoms with E-state index in [-0.39, 0.29) is 5.16 Å². The van der Waals surface area contributed by atoms with Crippen LogP contribution in [0.15, 0.2) is 5.16 Å². The molecule has 2 atom stereocenters. The molecule has 0 aliphatic rings. The highest BCUT2D eigenvalue weighted by Crippen LogP contribution is 2.17. The number of fused-ring (bicyclic) bond motifs is 1. The van der Waals surface area contributed by atoms with Crippen molar-refractivity contribution in [3.05, 3.63) is 11.5 Å². The SMILES string of the molecule is Cc1nc(S(=O)C(C)C(N)=O)nc2c1nc(C)n2C. The molecule has 2 unspecified atom stereocenters. The average molecular weight is 281 g/mol. The number of primary amides is 1. The van der Waals surface area contributed by atoms with Crippen molar-refractivity contribution < 1.29 is 9.00 Å². The van der Waals surface area contributed by atoms with Gasteiger partial charge in [0.1, 0.15) is 27.4 Å². The van der Waals surface area contributed by atoms with Crippen LogP contribution in [0.25, 0.3) is 11.2 Å². The van der Waals surface area contributed by atoms with Gasteiger partial charge in [0.05, 0.1) is 5.69 Å². The molecule has 0 spiro atoms. The number of carbonyl (C=O) groups excluding carboxylic acids is 1. The second-order valence-corrected chi connectivity index (χ2v) is 5.99. The molecule has 0 aromatic carbocycles. The molecule has 1 amide bonds. The van der Waals surface area contributed by atoms with Gasteiger partial charge in [-0.1, -0.05) is 0 Å². The number of aromatic nitrogens is 4. The molecule has 7 nitrogen and oxygen atoms in total. The van der Waals surface area contributed by atoms with E-state index in [1.807, 2.05) is 14.0 Å². The molecule has 2 rings (SSSR count). The highest BCUT2D eigenvalue weighted by atomic mass is 32.2. The van der Waals surface area contributed by atoms with Crippen LogP contribution in [0.3, 0.4) is 0 Å². The van der Waals surface area contributed by atoms with Crippen LogP contribution in [0, 0.1) is 13.8 Å². The molecule has 2 N–H and O–H groups in total. The Morgan fingerprint density at radius 1 is 1.32 bits per heavy atom. The minimum absolute atomic E-state index is 0.110. The Morgan fingerprint density at radius 2 is 1.95 bits per heavy atom. The Hall–Kier alpha value is -1.83. The number of amides is 1. The van der Waals surface area contributed by atoms with Crippen LogP contribution in [0.4, 0.5) is 0 Å². The molecule has 2 aromatic rings. The zero-order valence-electron chi connectivity index (χ0n) is 11.2. The molecule has 0 bridgehead atoms. The molecule has 0 radical (unpaired) electrons. The van der Waals surface area contributed by atoms with Gasteiger partial charge in [0.15, 0.2) is 5.65 Å². The van der Waals surface area contributed by atoms with E-state index in [1.165, 1.54) is 6.92 Å². The Labute approximate surface area is 112 Å². The van der Waals surface area contributed by atoms with E-state index >= 15 is 0 Å². The molecule has 0 saturated heterocycles. The number of nitrogens with zero attached hydrogens (tertiary/aromatic N) is 4. The summed E-state index contributed by atoms with van der Waals surface area (Å²) in [5, 5.41) is -0.717. The van der Waals surface area contributed by atoms with Crippen molar-refractivity contribution in [2.75, 3.05) is 0 Å². The molecular weight excluding hydrogens is 266 g/mol. The highest BCUT2D eigenvalue weighted by molar-refractivity contribution is 7.86. The Bertz CT molecular complexity index is 694. The van der Waals surface area contributed by atoms with Crippen LogP contribution in [0.5, 0.6) is 0 Å². The largest absolute Gasteiger partial charge is 0.369 e. The van der Waals surface area contributed by atoms with Crippen molar-refractivity contribution in [1.29, 1.82) is 0 Å². The number of hydrogen-bond donors (Lipinski definition) is 1. The number of imidazole rings is 1. The fourth-order valence-corrected chi connectivity index (χ4v) is 2.57. The fourth-order valence-electron chi connectivity index (χ4n) is 1.64. The third-order valence-corrected chi connectivity index (χ3v) is 4.41. The normalized spacial score (nSPS) is 14.5. The van der Waals surface area contributed by atoms with Gasteiger partial charge in [0.25, 0.3) is 0 Å². The number of aryl methyl sites for hydroxylation is 3. The lowest BCUT2D eigenvalue weighted by Crippen LogP contribution is -2.30. The van der Waals surface area contributed by atoms with E-state index in [4.69, 9.17) is 5.73 Å². The first-order valence-corrected chi connectivity index (χ1v) is 6.91. The van der Waals surface area contributed by atoms with Gasteiger partial charge in [-0.2, -0.15) is 0 Å². The molecule has 0 saturated carbocycles. The van der Waals surface area contributed by atoms with E-state index in [9.17, 15) is 9.00 Å². The lowest BCUT2D eigenvalue weighted by atomic mass is 10.4. The summed E-state index contributed by atoms with van der Waals surface area (Å²) in [6.07, 6.45) is 0. The van der Waals surface area contributed by atoms with Gasteiger partial charge in [0, 0.05) is 7.05 Å². The maximum Gasteiger partial charge on any atom is 0.233 e. The second kappa shape index (κ2) is 4.69. The predicted octanol–water partition coefficient (Wildman–Crippen LogP) is -0.0385. The second-order valence-electron chi connectivity index (χ2n) is 4.32. The van der Waals surface area contributed by atoms with Crippen molar-refractivity contribution in [1.82, 2.24) is 19.5 Å². The molecular formula is C11H15N5O2S. The molecule has 0 aliphatic heterocycles. The third kappa shape index (κ3) is 2.23. The quantitative estimate of drug-likeness (QED) is 0.795. The smallest absolute Gasteiger partial charge is 0.233 e. The summed E-state index contributed by atoms with van der Waals surface area (Å²) < 4.78 is 13.9. The molecule has 0 aliphatic carbocycles. The van der Waals surface area contributed by atoms with Crippen LogP contribution in [0.1, 0.15) is 18.4 Å². The van der Waals surface area contributed by atoms with E-state index in [1.54, 1.807) is 11.5 Å². The predicted molar refractivity (Wildman–Crippen MR) is 70.8 cm³/mol. The van der Waals surface area contributed by atoms with Crippen molar-refractivity contribution >= 4 is 27.9 Å². The maximum absolute atomic E-state index is 12.2. The Kier molecular flexibility index (Phi) is 3.36. The number of nitrogens with two attached hydrogens (primary N) is 1. The zero-order valence-corrected chi connectivity index (χ0v) is 12.0. The van der Waals surface area contributed by atoms with Gasteiger partial charge in [0.2, 0.25) is 11.1 Å². The molecule has 0 fully saturated rings. The standard InChI is InChI=1S/C11H15N5O2S/c1-5-8-10(16(4)7(3)14-8)15-11(13-5)19(18)6(2)9(12)17/h6H,1-4H3,(H2,12,17). The Morgan fingerprint density at radius 3 is 2.53 bits per heavy atom. The van der Waals surface area contributed by atoms with E-state index in [0.717, 1.165) is 5.82 Å². The van der Waals surface area contributed by atoms with Gasteiger partial charge < -0.3 is 10.3 Å². The number of hydrogen-bond acceptors (Lipinski definition) is 5. The zero-order chi connectivity index (χ0) is 14.3. The van der Waals surface area contributed by atoms with Gasteiger partial charge in [-0.25, -0.2) is 15.0 Å².